The van der Waals surface area contributed by atoms with Crippen molar-refractivity contribution in [3.05, 3.63) is 68.8 Å². The number of carbonyl (C=O) groups is 1. The molecule has 1 unspecified atom stereocenters. The SMILES string of the molecule is COCc1c(C(=O)NC(C)c2ccccc2Br)sc2cccc(F)c12. The molecule has 0 saturated heterocycles. The Labute approximate surface area is 157 Å². The minimum Gasteiger partial charge on any atom is -0.380 e. The summed E-state index contributed by atoms with van der Waals surface area (Å²) in [7, 11) is 1.54. The lowest BCUT2D eigenvalue weighted by Gasteiger charge is -2.16. The first-order valence-electron chi connectivity index (χ1n) is 7.77. The highest BCUT2D eigenvalue weighted by Crippen LogP contribution is 2.34. The van der Waals surface area contributed by atoms with Crippen LogP contribution in [-0.4, -0.2) is 13.0 Å². The summed E-state index contributed by atoms with van der Waals surface area (Å²) in [5, 5.41) is 3.46. The second kappa shape index (κ2) is 7.64. The number of hydrogen-bond acceptors (Lipinski definition) is 3. The van der Waals surface area contributed by atoms with E-state index in [1.165, 1.54) is 24.5 Å². The average Bonchev–Trinajstić information content (AvgIpc) is 2.95. The summed E-state index contributed by atoms with van der Waals surface area (Å²) in [5.41, 5.74) is 1.58. The van der Waals surface area contributed by atoms with Gasteiger partial charge in [-0.2, -0.15) is 0 Å². The number of hydrogen-bond donors (Lipinski definition) is 1. The first-order chi connectivity index (χ1) is 12.0. The molecule has 6 heteroatoms. The number of ether oxygens (including phenoxy) is 1. The van der Waals surface area contributed by atoms with Gasteiger partial charge in [-0.1, -0.05) is 40.2 Å². The Bertz CT molecular complexity index is 925. The fourth-order valence-electron chi connectivity index (χ4n) is 2.80. The third-order valence-electron chi connectivity index (χ3n) is 3.98. The van der Waals surface area contributed by atoms with Crippen molar-refractivity contribution in [2.45, 2.75) is 19.6 Å². The van der Waals surface area contributed by atoms with E-state index in [1.54, 1.807) is 6.07 Å². The molecule has 1 heterocycles. The third kappa shape index (κ3) is 3.61. The Balaban J connectivity index is 1.96. The van der Waals surface area contributed by atoms with Gasteiger partial charge >= 0.3 is 0 Å². The molecule has 130 valence electrons. The molecule has 0 bridgehead atoms. The lowest BCUT2D eigenvalue weighted by molar-refractivity contribution is 0.0939. The Morgan fingerprint density at radius 2 is 2.04 bits per heavy atom. The number of thiophene rings is 1. The molecule has 3 aromatic rings. The number of nitrogens with one attached hydrogen (secondary N) is 1. The summed E-state index contributed by atoms with van der Waals surface area (Å²) in [6.45, 7) is 2.11. The van der Waals surface area contributed by atoms with E-state index in [0.29, 0.717) is 15.8 Å². The number of halogens is 2. The van der Waals surface area contributed by atoms with Gasteiger partial charge in [0.2, 0.25) is 0 Å². The molecule has 0 aliphatic carbocycles. The molecule has 0 aliphatic heterocycles. The first kappa shape index (κ1) is 18.0. The van der Waals surface area contributed by atoms with Gasteiger partial charge in [-0.25, -0.2) is 4.39 Å². The molecule has 0 aliphatic rings. The predicted molar refractivity (Wildman–Crippen MR) is 103 cm³/mol. The largest absolute Gasteiger partial charge is 0.380 e. The highest BCUT2D eigenvalue weighted by molar-refractivity contribution is 9.10. The molecule has 1 N–H and O–H groups in total. The maximum atomic E-state index is 14.2. The van der Waals surface area contributed by atoms with Crippen LogP contribution in [-0.2, 0) is 11.3 Å². The fraction of sp³-hybridized carbons (Fsp3) is 0.211. The summed E-state index contributed by atoms with van der Waals surface area (Å²) in [6.07, 6.45) is 0. The predicted octanol–water partition coefficient (Wildman–Crippen LogP) is 5.44. The quantitative estimate of drug-likeness (QED) is 0.595. The highest BCUT2D eigenvalue weighted by Gasteiger charge is 2.22. The van der Waals surface area contributed by atoms with E-state index in [9.17, 15) is 9.18 Å². The van der Waals surface area contributed by atoms with Crippen LogP contribution in [0.2, 0.25) is 0 Å². The fourth-order valence-corrected chi connectivity index (χ4v) is 4.55. The number of carbonyl (C=O) groups excluding carboxylic acids is 1. The Hall–Kier alpha value is -1.76. The molecule has 1 atom stereocenters. The number of benzene rings is 2. The Morgan fingerprint density at radius 3 is 2.76 bits per heavy atom. The highest BCUT2D eigenvalue weighted by atomic mass is 79.9. The maximum Gasteiger partial charge on any atom is 0.262 e. The lowest BCUT2D eigenvalue weighted by atomic mass is 10.1. The van der Waals surface area contributed by atoms with Gasteiger partial charge in [-0.3, -0.25) is 4.79 Å². The average molecular weight is 422 g/mol. The zero-order valence-electron chi connectivity index (χ0n) is 13.8. The molecular weight excluding hydrogens is 405 g/mol. The van der Waals surface area contributed by atoms with Gasteiger partial charge in [-0.05, 0) is 30.7 Å². The van der Waals surface area contributed by atoms with Crippen LogP contribution in [0.4, 0.5) is 4.39 Å². The molecule has 0 saturated carbocycles. The van der Waals surface area contributed by atoms with Crippen LogP contribution in [0.1, 0.15) is 33.8 Å². The lowest BCUT2D eigenvalue weighted by Crippen LogP contribution is -2.27. The van der Waals surface area contributed by atoms with Crippen molar-refractivity contribution in [3.8, 4) is 0 Å². The van der Waals surface area contributed by atoms with Crippen molar-refractivity contribution in [2.75, 3.05) is 7.11 Å². The molecule has 25 heavy (non-hydrogen) atoms. The molecule has 1 aromatic heterocycles. The van der Waals surface area contributed by atoms with Crippen LogP contribution in [0.15, 0.2) is 46.9 Å². The Morgan fingerprint density at radius 1 is 1.28 bits per heavy atom. The van der Waals surface area contributed by atoms with Crippen molar-refractivity contribution < 1.29 is 13.9 Å². The van der Waals surface area contributed by atoms with Crippen LogP contribution in [0.25, 0.3) is 10.1 Å². The van der Waals surface area contributed by atoms with Gasteiger partial charge in [-0.15, -0.1) is 11.3 Å². The van der Waals surface area contributed by atoms with Crippen molar-refractivity contribution in [1.82, 2.24) is 5.32 Å². The van der Waals surface area contributed by atoms with Gasteiger partial charge < -0.3 is 10.1 Å². The van der Waals surface area contributed by atoms with Crippen LogP contribution in [0.3, 0.4) is 0 Å². The first-order valence-corrected chi connectivity index (χ1v) is 9.38. The van der Waals surface area contributed by atoms with Crippen LogP contribution < -0.4 is 5.32 Å². The number of methoxy groups -OCH3 is 1. The van der Waals surface area contributed by atoms with Gasteiger partial charge in [0, 0.05) is 27.2 Å². The van der Waals surface area contributed by atoms with E-state index >= 15 is 0 Å². The van der Waals surface area contributed by atoms with Crippen molar-refractivity contribution in [1.29, 1.82) is 0 Å². The van der Waals surface area contributed by atoms with E-state index < -0.39 is 0 Å². The third-order valence-corrected chi connectivity index (χ3v) is 5.90. The second-order valence-electron chi connectivity index (χ2n) is 5.67. The van der Waals surface area contributed by atoms with Crippen LogP contribution >= 0.6 is 27.3 Å². The maximum absolute atomic E-state index is 14.2. The second-order valence-corrected chi connectivity index (χ2v) is 7.58. The summed E-state index contributed by atoms with van der Waals surface area (Å²) < 4.78 is 21.1. The van der Waals surface area contributed by atoms with Crippen LogP contribution in [0.5, 0.6) is 0 Å². The van der Waals surface area contributed by atoms with Gasteiger partial charge in [0.15, 0.2) is 0 Å². The summed E-state index contributed by atoms with van der Waals surface area (Å²) in [4.78, 5) is 13.3. The van der Waals surface area contributed by atoms with Crippen molar-refractivity contribution in [2.24, 2.45) is 0 Å². The van der Waals surface area contributed by atoms with E-state index in [4.69, 9.17) is 4.74 Å². The molecule has 0 radical (unpaired) electrons. The molecular formula is C19H17BrFNO2S. The zero-order valence-corrected chi connectivity index (χ0v) is 16.2. The summed E-state index contributed by atoms with van der Waals surface area (Å²) in [6, 6.07) is 12.4. The number of amides is 1. The van der Waals surface area contributed by atoms with Crippen LogP contribution in [0, 0.1) is 5.82 Å². The number of rotatable bonds is 5. The molecule has 1 amide bonds. The zero-order chi connectivity index (χ0) is 18.0. The summed E-state index contributed by atoms with van der Waals surface area (Å²) >= 11 is 4.79. The standard InChI is InChI=1S/C19H17BrFNO2S/c1-11(12-6-3-4-7-14(12)20)22-19(23)18-13(10-24-2)17-15(21)8-5-9-16(17)25-18/h3-9,11H,10H2,1-2H3,(H,22,23). The minimum atomic E-state index is -0.335. The van der Waals surface area contributed by atoms with Crippen molar-refractivity contribution >= 4 is 43.3 Å². The van der Waals surface area contributed by atoms with Crippen molar-refractivity contribution in [3.63, 3.8) is 0 Å². The van der Waals surface area contributed by atoms with E-state index in [-0.39, 0.29) is 24.4 Å². The Kier molecular flexibility index (Phi) is 5.51. The molecule has 3 rings (SSSR count). The normalized spacial score (nSPS) is 12.3. The minimum absolute atomic E-state index is 0.187. The monoisotopic (exact) mass is 421 g/mol. The number of fused-ring (bicyclic) bond motifs is 1. The molecule has 3 nitrogen and oxygen atoms in total. The summed E-state index contributed by atoms with van der Waals surface area (Å²) in [5.74, 6) is -0.561. The van der Waals surface area contributed by atoms with Gasteiger partial charge in [0.1, 0.15) is 5.82 Å². The van der Waals surface area contributed by atoms with E-state index in [2.05, 4.69) is 21.2 Å². The molecule has 2 aromatic carbocycles. The van der Waals surface area contributed by atoms with E-state index in [1.807, 2.05) is 37.3 Å². The smallest absolute Gasteiger partial charge is 0.262 e. The van der Waals surface area contributed by atoms with Gasteiger partial charge in [0.05, 0.1) is 17.5 Å². The van der Waals surface area contributed by atoms with Gasteiger partial charge in [0.25, 0.3) is 5.91 Å². The molecule has 0 spiro atoms. The van der Waals surface area contributed by atoms with E-state index in [0.717, 1.165) is 14.7 Å². The topological polar surface area (TPSA) is 38.3 Å². The molecule has 0 fully saturated rings.